The first-order valence-electron chi connectivity index (χ1n) is 9.49. The first kappa shape index (κ1) is 19.4. The lowest BCUT2D eigenvalue weighted by Gasteiger charge is -2.10. The molecule has 0 amide bonds. The third-order valence-corrected chi connectivity index (χ3v) is 4.31. The summed E-state index contributed by atoms with van der Waals surface area (Å²) in [7, 11) is 0. The van der Waals surface area contributed by atoms with Gasteiger partial charge in [0.2, 0.25) is 0 Å². The van der Waals surface area contributed by atoms with E-state index in [4.69, 9.17) is 9.47 Å². The highest BCUT2D eigenvalue weighted by atomic mass is 16.5. The highest BCUT2D eigenvalue weighted by Gasteiger charge is 2.07. The lowest BCUT2D eigenvalue weighted by molar-refractivity contribution is -0.137. The van der Waals surface area contributed by atoms with Crippen LogP contribution >= 0.6 is 0 Å². The molecule has 0 aliphatic heterocycles. The second-order valence-electron chi connectivity index (χ2n) is 6.35. The molecule has 3 aromatic rings. The van der Waals surface area contributed by atoms with Gasteiger partial charge in [-0.15, -0.1) is 0 Å². The van der Waals surface area contributed by atoms with Crippen LogP contribution in [0.15, 0.2) is 91.0 Å². The molecule has 0 aliphatic rings. The Hall–Kier alpha value is -3.33. The quantitative estimate of drug-likeness (QED) is 0.356. The Kier molecular flexibility index (Phi) is 7.02. The molecule has 0 N–H and O–H groups in total. The Morgan fingerprint density at radius 1 is 0.821 bits per heavy atom. The number of carbonyl (C=O) groups excluding carboxylic acids is 1. The molecule has 142 valence electrons. The first-order chi connectivity index (χ1) is 13.7. The van der Waals surface area contributed by atoms with E-state index in [-0.39, 0.29) is 5.97 Å². The molecule has 3 rings (SSSR count). The van der Waals surface area contributed by atoms with Gasteiger partial charge in [0.1, 0.15) is 11.5 Å². The van der Waals surface area contributed by atoms with Crippen LogP contribution in [0.1, 0.15) is 24.5 Å². The summed E-state index contributed by atoms with van der Waals surface area (Å²) in [6.45, 7) is 2.19. The second kappa shape index (κ2) is 10.1. The van der Waals surface area contributed by atoms with Crippen LogP contribution in [0.5, 0.6) is 11.5 Å². The summed E-state index contributed by atoms with van der Waals surface area (Å²) >= 11 is 0. The highest BCUT2D eigenvalue weighted by molar-refractivity contribution is 5.91. The monoisotopic (exact) mass is 372 g/mol. The van der Waals surface area contributed by atoms with E-state index in [0.717, 1.165) is 35.5 Å². The van der Waals surface area contributed by atoms with Crippen molar-refractivity contribution >= 4 is 11.5 Å². The molecule has 0 aromatic heterocycles. The molecule has 0 atom stereocenters. The minimum absolute atomic E-state index is 0.298. The first-order valence-corrected chi connectivity index (χ1v) is 9.49. The van der Waals surface area contributed by atoms with E-state index >= 15 is 0 Å². The highest BCUT2D eigenvalue weighted by Crippen LogP contribution is 2.24. The molecule has 0 fully saturated rings. The van der Waals surface area contributed by atoms with Crippen molar-refractivity contribution in [3.05, 3.63) is 102 Å². The van der Waals surface area contributed by atoms with E-state index in [1.54, 1.807) is 6.08 Å². The van der Waals surface area contributed by atoms with Crippen LogP contribution < -0.4 is 4.74 Å². The topological polar surface area (TPSA) is 35.5 Å². The Balaban J connectivity index is 1.66. The molecule has 3 heteroatoms. The molecule has 0 aliphatic carbocycles. The molecule has 0 heterocycles. The van der Waals surface area contributed by atoms with E-state index in [0.29, 0.717) is 6.61 Å². The van der Waals surface area contributed by atoms with Crippen molar-refractivity contribution in [1.29, 1.82) is 0 Å². The molecule has 0 radical (unpaired) electrons. The zero-order chi connectivity index (χ0) is 19.6. The average Bonchev–Trinajstić information content (AvgIpc) is 2.74. The Bertz CT molecular complexity index is 898. The van der Waals surface area contributed by atoms with Crippen LogP contribution in [0.25, 0.3) is 5.57 Å². The number of rotatable bonds is 8. The largest absolute Gasteiger partial charge is 0.463 e. The van der Waals surface area contributed by atoms with Gasteiger partial charge in [0.25, 0.3) is 0 Å². The van der Waals surface area contributed by atoms with E-state index in [1.807, 2.05) is 79.7 Å². The Morgan fingerprint density at radius 2 is 1.43 bits per heavy atom. The Labute approximate surface area is 166 Å². The van der Waals surface area contributed by atoms with Crippen molar-refractivity contribution in [1.82, 2.24) is 0 Å². The summed E-state index contributed by atoms with van der Waals surface area (Å²) in [4.78, 5) is 11.9. The van der Waals surface area contributed by atoms with Gasteiger partial charge in [-0.1, -0.05) is 60.7 Å². The van der Waals surface area contributed by atoms with Gasteiger partial charge in [-0.2, -0.15) is 0 Å². The number of allylic oxidation sites excluding steroid dienone is 1. The average molecular weight is 372 g/mol. The van der Waals surface area contributed by atoms with E-state index in [2.05, 4.69) is 12.1 Å². The van der Waals surface area contributed by atoms with E-state index < -0.39 is 0 Å². The van der Waals surface area contributed by atoms with Crippen LogP contribution in [0.2, 0.25) is 0 Å². The molecule has 0 spiro atoms. The van der Waals surface area contributed by atoms with Crippen molar-refractivity contribution < 1.29 is 14.3 Å². The standard InChI is InChI=1S/C25H24O3/c1-2-27-25(26)19-22(21-9-5-3-6-10-21)16-13-20-14-17-24(18-15-20)28-23-11-7-4-8-12-23/h3-12,14-15,17-19H,2,13,16H2,1H3/b22-19-. The summed E-state index contributed by atoms with van der Waals surface area (Å²) in [5.74, 6) is 1.33. The maximum Gasteiger partial charge on any atom is 0.331 e. The number of benzene rings is 3. The van der Waals surface area contributed by atoms with Gasteiger partial charge in [0, 0.05) is 6.08 Å². The van der Waals surface area contributed by atoms with Gasteiger partial charge in [-0.25, -0.2) is 4.79 Å². The maximum atomic E-state index is 11.9. The summed E-state index contributed by atoms with van der Waals surface area (Å²) in [6.07, 6.45) is 3.18. The van der Waals surface area contributed by atoms with Gasteiger partial charge in [-0.3, -0.25) is 0 Å². The second-order valence-corrected chi connectivity index (χ2v) is 6.35. The van der Waals surface area contributed by atoms with Crippen LogP contribution in [0.4, 0.5) is 0 Å². The molecule has 28 heavy (non-hydrogen) atoms. The molecular weight excluding hydrogens is 348 g/mol. The molecule has 0 unspecified atom stereocenters. The number of para-hydroxylation sites is 1. The molecule has 0 bridgehead atoms. The van der Waals surface area contributed by atoms with Crippen LogP contribution in [-0.4, -0.2) is 12.6 Å². The van der Waals surface area contributed by atoms with Crippen LogP contribution in [0, 0.1) is 0 Å². The van der Waals surface area contributed by atoms with Crippen LogP contribution in [0.3, 0.4) is 0 Å². The van der Waals surface area contributed by atoms with Crippen LogP contribution in [-0.2, 0) is 16.0 Å². The fourth-order valence-corrected chi connectivity index (χ4v) is 2.91. The fraction of sp³-hybridized carbons (Fsp3) is 0.160. The molecule has 3 aromatic carbocycles. The summed E-state index contributed by atoms with van der Waals surface area (Å²) in [6, 6.07) is 27.7. The zero-order valence-corrected chi connectivity index (χ0v) is 16.0. The number of aryl methyl sites for hydroxylation is 1. The van der Waals surface area contributed by atoms with E-state index in [9.17, 15) is 4.79 Å². The van der Waals surface area contributed by atoms with Crippen molar-refractivity contribution in [2.24, 2.45) is 0 Å². The fourth-order valence-electron chi connectivity index (χ4n) is 2.91. The number of carbonyl (C=O) groups is 1. The SMILES string of the molecule is CCOC(=O)/C=C(/CCc1ccc(Oc2ccccc2)cc1)c1ccccc1. The Morgan fingerprint density at radius 3 is 2.07 bits per heavy atom. The van der Waals surface area contributed by atoms with Crippen molar-refractivity contribution in [3.63, 3.8) is 0 Å². The normalized spacial score (nSPS) is 11.1. The van der Waals surface area contributed by atoms with E-state index in [1.165, 1.54) is 5.56 Å². The number of ether oxygens (including phenoxy) is 2. The smallest absolute Gasteiger partial charge is 0.331 e. The predicted octanol–water partition coefficient (Wildman–Crippen LogP) is 6.06. The zero-order valence-electron chi connectivity index (χ0n) is 16.0. The van der Waals surface area contributed by atoms with Gasteiger partial charge < -0.3 is 9.47 Å². The predicted molar refractivity (Wildman–Crippen MR) is 112 cm³/mol. The third-order valence-electron chi connectivity index (χ3n) is 4.31. The molecular formula is C25H24O3. The minimum Gasteiger partial charge on any atom is -0.463 e. The van der Waals surface area contributed by atoms with Crippen molar-refractivity contribution in [2.45, 2.75) is 19.8 Å². The number of hydrogen-bond acceptors (Lipinski definition) is 3. The van der Waals surface area contributed by atoms with Gasteiger partial charge in [-0.05, 0) is 60.7 Å². The number of hydrogen-bond donors (Lipinski definition) is 0. The lowest BCUT2D eigenvalue weighted by Crippen LogP contribution is -2.02. The maximum absolute atomic E-state index is 11.9. The van der Waals surface area contributed by atoms with Gasteiger partial charge in [0.15, 0.2) is 0 Å². The molecule has 0 saturated heterocycles. The third kappa shape index (κ3) is 5.85. The summed E-state index contributed by atoms with van der Waals surface area (Å²) < 4.78 is 10.9. The molecule has 3 nitrogen and oxygen atoms in total. The number of esters is 1. The summed E-state index contributed by atoms with van der Waals surface area (Å²) in [5, 5.41) is 0. The van der Waals surface area contributed by atoms with Crippen molar-refractivity contribution in [3.8, 4) is 11.5 Å². The van der Waals surface area contributed by atoms with Gasteiger partial charge >= 0.3 is 5.97 Å². The molecule has 0 saturated carbocycles. The summed E-state index contributed by atoms with van der Waals surface area (Å²) in [5.41, 5.74) is 3.20. The minimum atomic E-state index is -0.298. The lowest BCUT2D eigenvalue weighted by atomic mass is 9.98. The van der Waals surface area contributed by atoms with Gasteiger partial charge in [0.05, 0.1) is 6.61 Å². The van der Waals surface area contributed by atoms with Crippen molar-refractivity contribution in [2.75, 3.05) is 6.61 Å².